The quantitative estimate of drug-likeness (QED) is 0.726. The van der Waals surface area contributed by atoms with Crippen LogP contribution in [0, 0.1) is 34.4 Å². The van der Waals surface area contributed by atoms with Crippen molar-refractivity contribution >= 4 is 11.4 Å². The molecule has 0 aliphatic carbocycles. The van der Waals surface area contributed by atoms with Gasteiger partial charge in [-0.1, -0.05) is 30.9 Å². The number of nitrogens with two attached hydrogens (primary N) is 1. The Bertz CT molecular complexity index is 1260. The third-order valence-electron chi connectivity index (χ3n) is 6.08. The standard InChI is InChI=1S/C26H26FN5/c1-4-18-8-10-30-24(12-18)26(3,16-28)9-7-20-13-21-19(14-22(20)27)6-5-11-32-15-23(17(2)29)31-25(21)32/h12-15H,2,4-6,8,10-11,29H2,1,3H3. The van der Waals surface area contributed by atoms with E-state index in [1.807, 2.05) is 16.8 Å². The minimum absolute atomic E-state index is 0.242. The average molecular weight is 428 g/mol. The van der Waals surface area contributed by atoms with E-state index in [9.17, 15) is 9.65 Å². The van der Waals surface area contributed by atoms with Crippen LogP contribution in [0.3, 0.4) is 0 Å². The molecule has 1 aromatic carbocycles. The smallest absolute Gasteiger partial charge is 0.156 e. The Morgan fingerprint density at radius 3 is 2.91 bits per heavy atom. The number of aryl methyl sites for hydroxylation is 2. The molecule has 6 heteroatoms. The monoisotopic (exact) mass is 427 g/mol. The van der Waals surface area contributed by atoms with Gasteiger partial charge < -0.3 is 10.3 Å². The summed E-state index contributed by atoms with van der Waals surface area (Å²) >= 11 is 0. The van der Waals surface area contributed by atoms with Crippen LogP contribution in [0.1, 0.15) is 49.9 Å². The minimum Gasteiger partial charge on any atom is -0.397 e. The summed E-state index contributed by atoms with van der Waals surface area (Å²) in [5, 5.41) is 9.87. The molecule has 0 radical (unpaired) electrons. The van der Waals surface area contributed by atoms with Gasteiger partial charge in [-0.25, -0.2) is 9.37 Å². The molecule has 2 aliphatic heterocycles. The first kappa shape index (κ1) is 21.6. The average Bonchev–Trinajstić information content (AvgIpc) is 3.15. The van der Waals surface area contributed by atoms with E-state index in [4.69, 9.17) is 5.73 Å². The van der Waals surface area contributed by atoms with Gasteiger partial charge in [-0.15, -0.1) is 0 Å². The van der Waals surface area contributed by atoms with Gasteiger partial charge in [-0.3, -0.25) is 4.99 Å². The number of benzene rings is 1. The highest BCUT2D eigenvalue weighted by atomic mass is 19.1. The number of hydrogen-bond donors (Lipinski definition) is 1. The second-order valence-electron chi connectivity index (χ2n) is 8.42. The van der Waals surface area contributed by atoms with Crippen LogP contribution >= 0.6 is 0 Å². The molecule has 2 aromatic rings. The van der Waals surface area contributed by atoms with Gasteiger partial charge in [0.2, 0.25) is 0 Å². The topological polar surface area (TPSA) is 80.0 Å². The molecule has 1 atom stereocenters. The number of imidazole rings is 1. The number of halogens is 1. The van der Waals surface area contributed by atoms with Crippen molar-refractivity contribution in [3.63, 3.8) is 0 Å². The Kier molecular flexibility index (Phi) is 5.72. The van der Waals surface area contributed by atoms with Crippen LogP contribution < -0.4 is 5.73 Å². The first-order valence-electron chi connectivity index (χ1n) is 10.9. The molecule has 0 bridgehead atoms. The van der Waals surface area contributed by atoms with Crippen molar-refractivity contribution in [3.8, 4) is 29.3 Å². The molecule has 2 aliphatic rings. The maximum atomic E-state index is 15.0. The van der Waals surface area contributed by atoms with Gasteiger partial charge in [0.25, 0.3) is 0 Å². The Balaban J connectivity index is 1.78. The van der Waals surface area contributed by atoms with Gasteiger partial charge >= 0.3 is 0 Å². The molecule has 4 rings (SSSR count). The maximum Gasteiger partial charge on any atom is 0.156 e. The van der Waals surface area contributed by atoms with Crippen LogP contribution in [-0.4, -0.2) is 21.8 Å². The number of nitrogens with zero attached hydrogens (tertiary/aromatic N) is 4. The second-order valence-corrected chi connectivity index (χ2v) is 8.42. The van der Waals surface area contributed by atoms with Crippen LogP contribution in [0.4, 0.5) is 4.39 Å². The highest BCUT2D eigenvalue weighted by molar-refractivity contribution is 6.04. The van der Waals surface area contributed by atoms with E-state index in [0.29, 0.717) is 23.6 Å². The van der Waals surface area contributed by atoms with Crippen molar-refractivity contribution in [1.29, 1.82) is 5.26 Å². The van der Waals surface area contributed by atoms with Crippen molar-refractivity contribution in [2.75, 3.05) is 6.54 Å². The molecule has 0 spiro atoms. The molecule has 0 amide bonds. The van der Waals surface area contributed by atoms with Crippen molar-refractivity contribution in [3.05, 3.63) is 59.2 Å². The van der Waals surface area contributed by atoms with Gasteiger partial charge in [0.05, 0.1) is 23.0 Å². The van der Waals surface area contributed by atoms with Gasteiger partial charge in [0, 0.05) is 24.8 Å². The number of aliphatic imine (C=N–C) groups is 1. The summed E-state index contributed by atoms with van der Waals surface area (Å²) in [7, 11) is 0. The third kappa shape index (κ3) is 3.97. The fourth-order valence-electron chi connectivity index (χ4n) is 4.08. The summed E-state index contributed by atoms with van der Waals surface area (Å²) in [6, 6.07) is 5.55. The highest BCUT2D eigenvalue weighted by Gasteiger charge is 2.29. The number of aromatic nitrogens is 2. The molecule has 1 unspecified atom stereocenters. The van der Waals surface area contributed by atoms with Crippen LogP contribution in [0.25, 0.3) is 17.1 Å². The van der Waals surface area contributed by atoms with Gasteiger partial charge in [0.15, 0.2) is 5.41 Å². The lowest BCUT2D eigenvalue weighted by Crippen LogP contribution is -2.25. The summed E-state index contributed by atoms with van der Waals surface area (Å²) in [6.07, 6.45) is 7.28. The Labute approximate surface area is 188 Å². The van der Waals surface area contributed by atoms with Gasteiger partial charge in [-0.05, 0) is 56.4 Å². The number of allylic oxidation sites excluding steroid dienone is 1. The lowest BCUT2D eigenvalue weighted by molar-refractivity contribution is 0.619. The molecule has 0 saturated heterocycles. The van der Waals surface area contributed by atoms with E-state index in [2.05, 4.69) is 41.4 Å². The van der Waals surface area contributed by atoms with E-state index < -0.39 is 11.2 Å². The number of hydrogen-bond acceptors (Lipinski definition) is 4. The fourth-order valence-corrected chi connectivity index (χ4v) is 4.08. The SMILES string of the molecule is C=C(N)c1cn2c(n1)-c1cc(C#CC(C)(C#N)C3=NCCC(CC)=C3)c(F)cc1CCC2. The van der Waals surface area contributed by atoms with E-state index in [0.717, 1.165) is 49.2 Å². The highest BCUT2D eigenvalue weighted by Crippen LogP contribution is 2.31. The fraction of sp³-hybridized carbons (Fsp3) is 0.346. The van der Waals surface area contributed by atoms with Crippen LogP contribution in [0.5, 0.6) is 0 Å². The summed E-state index contributed by atoms with van der Waals surface area (Å²) < 4.78 is 17.0. The van der Waals surface area contributed by atoms with E-state index >= 15 is 0 Å². The minimum atomic E-state index is -1.11. The number of dihydropyridines is 1. The molecule has 1 aromatic heterocycles. The zero-order valence-corrected chi connectivity index (χ0v) is 18.5. The lowest BCUT2D eigenvalue weighted by atomic mass is 9.84. The summed E-state index contributed by atoms with van der Waals surface area (Å²) in [5.74, 6) is 6.27. The number of fused-ring (bicyclic) bond motifs is 3. The van der Waals surface area contributed by atoms with Crippen LogP contribution in [-0.2, 0) is 13.0 Å². The first-order chi connectivity index (χ1) is 15.3. The molecule has 32 heavy (non-hydrogen) atoms. The maximum absolute atomic E-state index is 15.0. The summed E-state index contributed by atoms with van der Waals surface area (Å²) in [4.78, 5) is 9.15. The van der Waals surface area contributed by atoms with Crippen molar-refractivity contribution in [2.45, 2.75) is 46.1 Å². The molecular formula is C26H26FN5. The lowest BCUT2D eigenvalue weighted by Gasteiger charge is -2.20. The largest absolute Gasteiger partial charge is 0.397 e. The normalized spacial score (nSPS) is 16.7. The van der Waals surface area contributed by atoms with Crippen LogP contribution in [0.2, 0.25) is 0 Å². The third-order valence-corrected chi connectivity index (χ3v) is 6.08. The molecule has 3 heterocycles. The predicted octanol–water partition coefficient (Wildman–Crippen LogP) is 4.63. The summed E-state index contributed by atoms with van der Waals surface area (Å²) in [5.41, 5.74) is 9.61. The molecule has 0 saturated carbocycles. The molecule has 0 fully saturated rings. The second kappa shape index (κ2) is 8.48. The first-order valence-corrected chi connectivity index (χ1v) is 10.9. The Morgan fingerprint density at radius 2 is 2.19 bits per heavy atom. The molecular weight excluding hydrogens is 401 g/mol. The summed E-state index contributed by atoms with van der Waals surface area (Å²) in [6.45, 7) is 9.02. The van der Waals surface area contributed by atoms with Crippen LogP contribution in [0.15, 0.2) is 41.6 Å². The van der Waals surface area contributed by atoms with Gasteiger partial charge in [0.1, 0.15) is 17.3 Å². The van der Waals surface area contributed by atoms with E-state index in [-0.39, 0.29) is 5.56 Å². The Hall–Kier alpha value is -3.64. The predicted molar refractivity (Wildman–Crippen MR) is 125 cm³/mol. The van der Waals surface area contributed by atoms with E-state index in [1.165, 1.54) is 11.6 Å². The van der Waals surface area contributed by atoms with Crippen molar-refractivity contribution in [2.24, 2.45) is 16.1 Å². The van der Waals surface area contributed by atoms with E-state index in [1.54, 1.807) is 13.0 Å². The molecule has 5 nitrogen and oxygen atoms in total. The van der Waals surface area contributed by atoms with Crippen molar-refractivity contribution in [1.82, 2.24) is 9.55 Å². The van der Waals surface area contributed by atoms with Gasteiger partial charge in [-0.2, -0.15) is 5.26 Å². The zero-order chi connectivity index (χ0) is 22.9. The Morgan fingerprint density at radius 1 is 1.38 bits per heavy atom. The number of rotatable bonds is 3. The molecule has 162 valence electrons. The van der Waals surface area contributed by atoms with Crippen molar-refractivity contribution < 1.29 is 4.39 Å². The molecule has 2 N–H and O–H groups in total. The zero-order valence-electron chi connectivity index (χ0n) is 18.5. The number of nitriles is 1.